The molecule has 0 bridgehead atoms. The molecule has 20 nitrogen and oxygen atoms in total. The van der Waals surface area contributed by atoms with Crippen molar-refractivity contribution in [3.05, 3.63) is 0 Å². The first-order valence-corrected chi connectivity index (χ1v) is 22.6. The number of aliphatic hydroxyl groups excluding tert-OH is 1. The van der Waals surface area contributed by atoms with Gasteiger partial charge in [0.25, 0.3) is 0 Å². The first-order valence-electron chi connectivity index (χ1n) is 22.6. The van der Waals surface area contributed by atoms with Gasteiger partial charge in [-0.3, -0.25) is 43.2 Å². The molecule has 0 aromatic rings. The Kier molecular flexibility index (Phi) is 32.6. The van der Waals surface area contributed by atoms with Crippen molar-refractivity contribution in [2.24, 2.45) is 17.8 Å². The topological polar surface area (TPSA) is 308 Å². The highest BCUT2D eigenvalue weighted by Gasteiger charge is 2.30. The summed E-state index contributed by atoms with van der Waals surface area (Å²) in [6.07, 6.45) is 3.11. The van der Waals surface area contributed by atoms with Gasteiger partial charge < -0.3 is 55.3 Å². The third kappa shape index (κ3) is 30.8. The molecule has 20 heteroatoms. The van der Waals surface area contributed by atoms with E-state index < -0.39 is 41.9 Å². The fourth-order valence-corrected chi connectivity index (χ4v) is 6.85. The lowest BCUT2D eigenvalue weighted by Crippen LogP contribution is -2.41. The first-order chi connectivity index (χ1) is 30.6. The second-order valence-electron chi connectivity index (χ2n) is 16.2. The molecular formula is C44H73N3O17. The Morgan fingerprint density at radius 2 is 1.19 bits per heavy atom. The summed E-state index contributed by atoms with van der Waals surface area (Å²) in [5.74, 6) is -5.05. The number of unbranched alkanes of at least 4 members (excludes halogenated alkanes) is 1. The SMILES string of the molecule is CCCCC(=O)CNC(=O)COCCOCCCC(=O)COCCOCCCC(=O)C(CCC(=O)O)NC(=O)CCC(CC(=O)C1CCC(CNC(=O)CCCC(=O)O)CC1)C(O)O. The average molecular weight is 916 g/mol. The number of carboxylic acids is 2. The van der Waals surface area contributed by atoms with Crippen LogP contribution in [0.2, 0.25) is 0 Å². The number of ether oxygens (including phenoxy) is 4. The van der Waals surface area contributed by atoms with E-state index in [2.05, 4.69) is 16.0 Å². The van der Waals surface area contributed by atoms with Crippen molar-refractivity contribution in [3.63, 3.8) is 0 Å². The molecule has 0 saturated heterocycles. The molecule has 64 heavy (non-hydrogen) atoms. The number of ketones is 4. The maximum atomic E-state index is 13.1. The number of carboxylic acid groups (broad SMARTS) is 2. The summed E-state index contributed by atoms with van der Waals surface area (Å²) >= 11 is 0. The van der Waals surface area contributed by atoms with E-state index in [1.165, 1.54) is 0 Å². The van der Waals surface area contributed by atoms with Crippen LogP contribution in [0.5, 0.6) is 0 Å². The standard InChI is InChI=1S/C44H73N3O17/c1-2-3-7-34(48)28-46-41(54)30-64-25-23-61-20-5-8-35(49)29-63-24-22-62-21-6-9-37(50)36(17-19-43(57)58)47-40(53)18-16-33(44(59)60)26-38(51)32-14-12-31(13-15-32)27-45-39(52)10-4-11-42(55)56/h31-33,36,44,59-60H,2-30H2,1H3,(H,45,52)(H,46,54)(H,47,53)(H,55,56)(H,57,58). The lowest BCUT2D eigenvalue weighted by Gasteiger charge is -2.29. The Morgan fingerprint density at radius 3 is 1.81 bits per heavy atom. The van der Waals surface area contributed by atoms with Gasteiger partial charge in [0.1, 0.15) is 19.0 Å². The highest BCUT2D eigenvalue weighted by atomic mass is 16.5. The van der Waals surface area contributed by atoms with Crippen molar-refractivity contribution in [2.75, 3.05) is 65.9 Å². The molecular weight excluding hydrogens is 842 g/mol. The van der Waals surface area contributed by atoms with Crippen LogP contribution in [-0.2, 0) is 62.1 Å². The number of hydrogen-bond acceptors (Lipinski definition) is 15. The number of aliphatic carboxylic acids is 2. The molecule has 3 amide bonds. The van der Waals surface area contributed by atoms with Gasteiger partial charge in [-0.2, -0.15) is 0 Å². The van der Waals surface area contributed by atoms with Gasteiger partial charge in [0.15, 0.2) is 23.6 Å². The van der Waals surface area contributed by atoms with Gasteiger partial charge in [0, 0.05) is 83.0 Å². The number of rotatable bonds is 41. The summed E-state index contributed by atoms with van der Waals surface area (Å²) < 4.78 is 21.4. The van der Waals surface area contributed by atoms with Crippen molar-refractivity contribution < 1.29 is 82.5 Å². The second kappa shape index (κ2) is 36.1. The van der Waals surface area contributed by atoms with Crippen LogP contribution in [0.4, 0.5) is 0 Å². The van der Waals surface area contributed by atoms with Crippen molar-refractivity contribution in [1.29, 1.82) is 0 Å². The number of carbonyl (C=O) groups is 9. The average Bonchev–Trinajstić information content (AvgIpc) is 3.25. The molecule has 1 saturated carbocycles. The van der Waals surface area contributed by atoms with E-state index in [-0.39, 0.29) is 164 Å². The Bertz CT molecular complexity index is 1430. The van der Waals surface area contributed by atoms with Crippen LogP contribution < -0.4 is 16.0 Å². The summed E-state index contributed by atoms with van der Waals surface area (Å²) in [4.78, 5) is 108. The van der Waals surface area contributed by atoms with Gasteiger partial charge in [0.2, 0.25) is 17.7 Å². The van der Waals surface area contributed by atoms with Gasteiger partial charge in [-0.25, -0.2) is 0 Å². The number of carbonyl (C=O) groups excluding carboxylic acids is 7. The molecule has 0 aliphatic heterocycles. The molecule has 7 N–H and O–H groups in total. The third-order valence-corrected chi connectivity index (χ3v) is 10.7. The Hall–Kier alpha value is -4.21. The lowest BCUT2D eigenvalue weighted by molar-refractivity contribution is -0.138. The Morgan fingerprint density at radius 1 is 0.578 bits per heavy atom. The van der Waals surface area contributed by atoms with Gasteiger partial charge in [-0.05, 0) is 70.1 Å². The van der Waals surface area contributed by atoms with E-state index in [9.17, 15) is 58.5 Å². The molecule has 2 atom stereocenters. The molecule has 366 valence electrons. The number of Topliss-reactive ketones (excluding diaryl/α,β-unsaturated/α-hetero) is 4. The van der Waals surface area contributed by atoms with Gasteiger partial charge >= 0.3 is 11.9 Å². The van der Waals surface area contributed by atoms with E-state index in [1.54, 1.807) is 0 Å². The third-order valence-electron chi connectivity index (χ3n) is 10.7. The van der Waals surface area contributed by atoms with Crippen LogP contribution in [0.25, 0.3) is 0 Å². The summed E-state index contributed by atoms with van der Waals surface area (Å²) in [7, 11) is 0. The van der Waals surface area contributed by atoms with Crippen molar-refractivity contribution in [3.8, 4) is 0 Å². The molecule has 1 fully saturated rings. The normalized spacial score (nSPS) is 15.8. The molecule has 1 aliphatic carbocycles. The monoisotopic (exact) mass is 915 g/mol. The summed E-state index contributed by atoms with van der Waals surface area (Å²) in [6.45, 7) is 3.36. The zero-order chi connectivity index (χ0) is 47.5. The Balaban J connectivity index is 2.26. The molecule has 0 radical (unpaired) electrons. The van der Waals surface area contributed by atoms with Crippen molar-refractivity contribution in [1.82, 2.24) is 16.0 Å². The van der Waals surface area contributed by atoms with Crippen LogP contribution in [-0.4, -0.2) is 151 Å². The van der Waals surface area contributed by atoms with E-state index >= 15 is 0 Å². The number of amides is 3. The molecule has 0 aromatic carbocycles. The number of hydrogen-bond donors (Lipinski definition) is 7. The van der Waals surface area contributed by atoms with Crippen molar-refractivity contribution >= 4 is 52.8 Å². The predicted octanol–water partition coefficient (Wildman–Crippen LogP) is 1.82. The van der Waals surface area contributed by atoms with Gasteiger partial charge in [0.05, 0.1) is 39.0 Å². The van der Waals surface area contributed by atoms with Crippen LogP contribution in [0, 0.1) is 17.8 Å². The zero-order valence-corrected chi connectivity index (χ0v) is 37.5. The van der Waals surface area contributed by atoms with Crippen LogP contribution >= 0.6 is 0 Å². The maximum absolute atomic E-state index is 13.1. The summed E-state index contributed by atoms with van der Waals surface area (Å²) in [5, 5.41) is 45.8. The van der Waals surface area contributed by atoms with Gasteiger partial charge in [-0.1, -0.05) is 13.3 Å². The fraction of sp³-hybridized carbons (Fsp3) is 0.795. The van der Waals surface area contributed by atoms with E-state index in [4.69, 9.17) is 24.1 Å². The van der Waals surface area contributed by atoms with Crippen LogP contribution in [0.3, 0.4) is 0 Å². The summed E-state index contributed by atoms with van der Waals surface area (Å²) in [6, 6.07) is -1.09. The van der Waals surface area contributed by atoms with E-state index in [0.29, 0.717) is 51.7 Å². The molecule has 0 aromatic heterocycles. The molecule has 1 rings (SSSR count). The largest absolute Gasteiger partial charge is 0.481 e. The zero-order valence-electron chi connectivity index (χ0n) is 37.5. The minimum absolute atomic E-state index is 0.00569. The first kappa shape index (κ1) is 57.8. The molecule has 2 unspecified atom stereocenters. The highest BCUT2D eigenvalue weighted by Crippen LogP contribution is 2.31. The Labute approximate surface area is 375 Å². The smallest absolute Gasteiger partial charge is 0.303 e. The predicted molar refractivity (Wildman–Crippen MR) is 229 cm³/mol. The lowest BCUT2D eigenvalue weighted by atomic mass is 9.78. The maximum Gasteiger partial charge on any atom is 0.303 e. The molecule has 0 heterocycles. The summed E-state index contributed by atoms with van der Waals surface area (Å²) in [5.41, 5.74) is 0. The quantitative estimate of drug-likeness (QED) is 0.0340. The highest BCUT2D eigenvalue weighted by molar-refractivity contribution is 5.89. The van der Waals surface area contributed by atoms with E-state index in [1.807, 2.05) is 6.92 Å². The van der Waals surface area contributed by atoms with Gasteiger partial charge in [-0.15, -0.1) is 0 Å². The minimum Gasteiger partial charge on any atom is -0.481 e. The van der Waals surface area contributed by atoms with E-state index in [0.717, 1.165) is 12.8 Å². The second-order valence-corrected chi connectivity index (χ2v) is 16.2. The molecule has 1 aliphatic rings. The number of nitrogens with one attached hydrogen (secondary N) is 3. The van der Waals surface area contributed by atoms with Crippen LogP contribution in [0.15, 0.2) is 0 Å². The van der Waals surface area contributed by atoms with Crippen LogP contribution in [0.1, 0.15) is 129 Å². The number of aliphatic hydroxyl groups is 2. The fourth-order valence-electron chi connectivity index (χ4n) is 6.85. The van der Waals surface area contributed by atoms with Crippen molar-refractivity contribution in [2.45, 2.75) is 141 Å². The molecule has 0 spiro atoms. The minimum atomic E-state index is -1.86.